The van der Waals surface area contributed by atoms with Gasteiger partial charge in [0.15, 0.2) is 0 Å². The number of hydrogen-bond acceptors (Lipinski definition) is 3. The molecule has 0 amide bonds. The van der Waals surface area contributed by atoms with E-state index in [0.29, 0.717) is 33.8 Å². The van der Waals surface area contributed by atoms with Gasteiger partial charge in [-0.2, -0.15) is 0 Å². The number of benzene rings is 7. The number of hydrogen-bond donors (Lipinski definition) is 1. The first-order valence-electron chi connectivity index (χ1n) is 28.5. The van der Waals surface area contributed by atoms with Gasteiger partial charge in [-0.1, -0.05) is 218 Å². The van der Waals surface area contributed by atoms with Crippen LogP contribution in [0, 0.1) is 18.3 Å². The topological polar surface area (TPSA) is 50.9 Å². The number of para-hydroxylation sites is 1. The molecule has 0 aliphatic carbocycles. The first-order valence-corrected chi connectivity index (χ1v) is 26.0. The summed E-state index contributed by atoms with van der Waals surface area (Å²) in [5.74, 6) is 0.786. The number of aromatic hydroxyl groups is 1. The molecule has 9 aromatic rings. The van der Waals surface area contributed by atoms with Crippen molar-refractivity contribution in [1.29, 1.82) is 0 Å². The summed E-state index contributed by atoms with van der Waals surface area (Å²) in [6.07, 6.45) is -0.0869. The molecular formula is C70H76N3OPt-. The third kappa shape index (κ3) is 11.4. The number of fused-ring (bicyclic) bond motifs is 1. The van der Waals surface area contributed by atoms with E-state index in [-0.39, 0.29) is 48.6 Å². The van der Waals surface area contributed by atoms with Gasteiger partial charge in [0, 0.05) is 56.5 Å². The van der Waals surface area contributed by atoms with E-state index in [0.717, 1.165) is 72.4 Å². The van der Waals surface area contributed by atoms with Crippen LogP contribution in [0.1, 0.15) is 144 Å². The number of nitrogens with zero attached hydrogens (tertiary/aromatic N) is 3. The summed E-state index contributed by atoms with van der Waals surface area (Å²) in [5.41, 5.74) is 13.9. The molecule has 1 N–H and O–H groups in total. The second kappa shape index (κ2) is 20.3. The summed E-state index contributed by atoms with van der Waals surface area (Å²) in [5, 5.41) is 12.9. The van der Waals surface area contributed by atoms with Crippen LogP contribution in [0.4, 0.5) is 0 Å². The molecule has 0 unspecified atom stereocenters. The van der Waals surface area contributed by atoms with Crippen LogP contribution in [-0.2, 0) is 49.1 Å². The second-order valence-electron chi connectivity index (χ2n) is 25.3. The number of phenols is 1. The summed E-state index contributed by atoms with van der Waals surface area (Å²) in [6, 6.07) is 53.2. The molecule has 9 rings (SSSR count). The van der Waals surface area contributed by atoms with Crippen molar-refractivity contribution in [3.8, 4) is 78.6 Å². The molecule has 5 heteroatoms. The van der Waals surface area contributed by atoms with Crippen molar-refractivity contribution in [3.63, 3.8) is 0 Å². The first-order chi connectivity index (χ1) is 36.6. The van der Waals surface area contributed by atoms with E-state index in [9.17, 15) is 5.11 Å². The molecule has 75 heavy (non-hydrogen) atoms. The van der Waals surface area contributed by atoms with Crippen molar-refractivity contribution in [2.45, 2.75) is 139 Å². The van der Waals surface area contributed by atoms with E-state index in [1.54, 1.807) is 18.3 Å². The molecule has 0 radical (unpaired) electrons. The Morgan fingerprint density at radius 3 is 1.65 bits per heavy atom. The van der Waals surface area contributed by atoms with Gasteiger partial charge < -0.3 is 5.11 Å². The smallest absolute Gasteiger partial charge is 0.148 e. The number of aryl methyl sites for hydroxylation is 1. The third-order valence-corrected chi connectivity index (χ3v) is 14.0. The number of pyridine rings is 1. The summed E-state index contributed by atoms with van der Waals surface area (Å²) in [6.45, 7) is 29.3. The van der Waals surface area contributed by atoms with E-state index >= 15 is 0 Å². The molecule has 2 heterocycles. The van der Waals surface area contributed by atoms with E-state index < -0.39 is 24.1 Å². The zero-order chi connectivity index (χ0) is 57.6. The van der Waals surface area contributed by atoms with Crippen LogP contribution in [0.15, 0.2) is 152 Å². The number of imidazole rings is 1. The maximum absolute atomic E-state index is 12.9. The molecule has 0 aliphatic rings. The van der Waals surface area contributed by atoms with Crippen molar-refractivity contribution in [2.24, 2.45) is 5.41 Å². The predicted octanol–water partition coefficient (Wildman–Crippen LogP) is 19.0. The maximum Gasteiger partial charge on any atom is 0.148 e. The molecule has 0 bridgehead atoms. The monoisotopic (exact) mass is 1170 g/mol. The molecule has 4 nitrogen and oxygen atoms in total. The number of phenolic OH excluding ortho intramolecular Hbond substituents is 1. The Morgan fingerprint density at radius 1 is 0.533 bits per heavy atom. The van der Waals surface area contributed by atoms with Gasteiger partial charge in [0.2, 0.25) is 0 Å². The molecule has 388 valence electrons. The van der Waals surface area contributed by atoms with E-state index in [1.165, 1.54) is 11.6 Å². The number of rotatable bonds is 8. The number of aromatic nitrogens is 3. The normalized spacial score (nSPS) is 13.9. The molecule has 0 saturated carbocycles. The van der Waals surface area contributed by atoms with Gasteiger partial charge in [-0.3, -0.25) is 9.55 Å². The van der Waals surface area contributed by atoms with Gasteiger partial charge in [-0.15, -0.1) is 29.3 Å². The fourth-order valence-electron chi connectivity index (χ4n) is 9.86. The van der Waals surface area contributed by atoms with Crippen LogP contribution >= 0.6 is 0 Å². The Kier molecular flexibility index (Phi) is 13.1. The Labute approximate surface area is 470 Å². The van der Waals surface area contributed by atoms with Crippen LogP contribution in [0.2, 0.25) is 0 Å². The minimum Gasteiger partial charge on any atom is -0.507 e. The van der Waals surface area contributed by atoms with Crippen molar-refractivity contribution >= 4 is 11.0 Å². The van der Waals surface area contributed by atoms with Gasteiger partial charge in [-0.25, -0.2) is 4.98 Å². The minimum atomic E-state index is -2.52. The van der Waals surface area contributed by atoms with Gasteiger partial charge in [0.1, 0.15) is 11.6 Å². The largest absolute Gasteiger partial charge is 0.507 e. The van der Waals surface area contributed by atoms with Crippen LogP contribution in [0.3, 0.4) is 0 Å². The molecule has 0 fully saturated rings. The summed E-state index contributed by atoms with van der Waals surface area (Å²) in [7, 11) is 0. The minimum absolute atomic E-state index is 0. The zero-order valence-electron chi connectivity index (χ0n) is 51.5. The molecule has 2 aromatic heterocycles. The predicted molar refractivity (Wildman–Crippen MR) is 315 cm³/mol. The average molecular weight is 1180 g/mol. The fourth-order valence-corrected chi connectivity index (χ4v) is 9.86. The molecular weight excluding hydrogens is 1090 g/mol. The SMILES string of the molecule is [2H]C([2H])([2H])c1cc(C([2H])([2H])C(C)(C)C)ccc1-c1ccnc(-c2[c-]c(-c3cccc4c3nc(-c3cc(C(C)(C)C)cc(C(C)(C)C)c3O)n4-c3c(-c4ccccc4)cc(C(C)(C)C)cc3-c3ccccc3)cc(C(C)(C)C)c2)c1.[Pt]. The summed E-state index contributed by atoms with van der Waals surface area (Å²) < 4.78 is 46.2. The van der Waals surface area contributed by atoms with Crippen LogP contribution < -0.4 is 0 Å². The fraction of sp³-hybridized carbons (Fsp3) is 0.314. The van der Waals surface area contributed by atoms with E-state index in [4.69, 9.17) is 16.8 Å². The zero-order valence-corrected chi connectivity index (χ0v) is 48.8. The Morgan fingerprint density at radius 2 is 1.09 bits per heavy atom. The molecule has 0 spiro atoms. The van der Waals surface area contributed by atoms with Gasteiger partial charge in [-0.05, 0) is 115 Å². The van der Waals surface area contributed by atoms with Crippen LogP contribution in [0.5, 0.6) is 5.75 Å². The Balaban J connectivity index is 0.00000841. The van der Waals surface area contributed by atoms with Crippen LogP contribution in [-0.4, -0.2) is 19.6 Å². The van der Waals surface area contributed by atoms with Gasteiger partial charge in [0.25, 0.3) is 0 Å². The van der Waals surface area contributed by atoms with Gasteiger partial charge in [0.05, 0.1) is 22.3 Å². The van der Waals surface area contributed by atoms with Crippen molar-refractivity contribution in [2.75, 3.05) is 0 Å². The van der Waals surface area contributed by atoms with Crippen molar-refractivity contribution < 1.29 is 33.0 Å². The molecule has 7 aromatic carbocycles. The maximum atomic E-state index is 12.9. The third-order valence-electron chi connectivity index (χ3n) is 14.0. The van der Waals surface area contributed by atoms with Crippen molar-refractivity contribution in [3.05, 3.63) is 191 Å². The average Bonchev–Trinajstić information content (AvgIpc) is 3.83. The molecule has 0 aliphatic heterocycles. The Hall–Kier alpha value is -6.35. The van der Waals surface area contributed by atoms with Gasteiger partial charge >= 0.3 is 0 Å². The second-order valence-corrected chi connectivity index (χ2v) is 25.3. The summed E-state index contributed by atoms with van der Waals surface area (Å²) in [4.78, 5) is 10.7. The molecule has 0 atom stereocenters. The quantitative estimate of drug-likeness (QED) is 0.154. The van der Waals surface area contributed by atoms with E-state index in [2.05, 4.69) is 197 Å². The summed E-state index contributed by atoms with van der Waals surface area (Å²) >= 11 is 0. The van der Waals surface area contributed by atoms with Crippen molar-refractivity contribution in [1.82, 2.24) is 14.5 Å². The van der Waals surface area contributed by atoms with E-state index in [1.807, 2.05) is 45.0 Å². The first kappa shape index (κ1) is 48.3. The Bertz CT molecular complexity index is 3710. The standard InChI is InChI=1S/C70H76N3O.Pt/c1-44-34-45(43-66(2,3)4)30-31-54(44)48-32-33-71-60(38-48)50-35-49(36-51(37-50)67(5,6)7)55-28-23-29-61-62(55)72-65(58-41-53(69(11,12)13)42-59(64(58)74)70(14,15)16)73(61)63-56(46-24-19-17-20-25-46)39-52(68(8,9)10)40-57(63)47-26-21-18-22-27-47;/h17-34,36-42,74H,43H2,1-16H3;/q-1;/i1D3,43D2;. The van der Waals surface area contributed by atoms with Crippen LogP contribution in [0.25, 0.3) is 83.9 Å². The molecule has 0 saturated heterocycles.